The minimum Gasteiger partial charge on any atom is -0.390 e. The van der Waals surface area contributed by atoms with Crippen molar-refractivity contribution in [3.8, 4) is 0 Å². The lowest BCUT2D eigenvalue weighted by molar-refractivity contribution is -0.157. The maximum atomic E-state index is 15.3. The van der Waals surface area contributed by atoms with Gasteiger partial charge in [-0.15, -0.1) is 0 Å². The molecule has 11 amide bonds. The molecule has 1 rings (SSSR count). The molecule has 508 valence electrons. The zero-order valence-electron chi connectivity index (χ0n) is 58.5. The van der Waals surface area contributed by atoms with Gasteiger partial charge in [0, 0.05) is 56.4 Å². The lowest BCUT2D eigenvalue weighted by Crippen LogP contribution is -2.63. The molecule has 89 heavy (non-hydrogen) atoms. The summed E-state index contributed by atoms with van der Waals surface area (Å²) in [5, 5.41) is 23.3. The molecule has 0 spiro atoms. The normalized spacial score (nSPS) is 26.3. The van der Waals surface area contributed by atoms with Crippen molar-refractivity contribution in [2.24, 2.45) is 46.4 Å². The van der Waals surface area contributed by atoms with E-state index in [2.05, 4.69) is 26.3 Å². The second-order valence-corrected chi connectivity index (χ2v) is 27.0. The molecule has 24 nitrogen and oxygen atoms in total. The molecule has 5 N–H and O–H groups in total. The van der Waals surface area contributed by atoms with Crippen LogP contribution in [0.1, 0.15) is 162 Å². The predicted molar refractivity (Wildman–Crippen MR) is 346 cm³/mol. The van der Waals surface area contributed by atoms with Crippen LogP contribution in [-0.2, 0) is 52.7 Å². The molecular formula is C65H116N12O12. The second kappa shape index (κ2) is 37.6. The molecule has 1 saturated heterocycles. The predicted octanol–water partition coefficient (Wildman–Crippen LogP) is 3.73. The van der Waals surface area contributed by atoms with Crippen LogP contribution >= 0.6 is 0 Å². The largest absolute Gasteiger partial charge is 0.390 e. The molecule has 1 aliphatic rings. The molecule has 1 heterocycles. The van der Waals surface area contributed by atoms with E-state index in [1.165, 1.54) is 87.7 Å². The first-order valence-electron chi connectivity index (χ1n) is 32.0. The summed E-state index contributed by atoms with van der Waals surface area (Å²) in [6.07, 6.45) is 6.29. The van der Waals surface area contributed by atoms with Crippen LogP contribution in [0.2, 0.25) is 0 Å². The molecule has 1 aliphatic heterocycles. The van der Waals surface area contributed by atoms with Crippen LogP contribution in [0, 0.1) is 41.4 Å². The monoisotopic (exact) mass is 1260 g/mol. The highest BCUT2D eigenvalue weighted by atomic mass is 16.3. The standard InChI is InChI=1S/C65H116N12O12/c1-25-46-61(85)71(18)36-51(78)72(19)47(32-37(2)3)58(82)70-52(41(10)11)64(88)73(20)48(33-38(4)5)57(81)67-44(15)56(80)68-45(16)60(84)74(21)49(34-39(6)7)62(86)75(22)50(35-40(8)9)63(87)76(23)53(42(12)13)65(89)77(24)54(59(83)69-46)55(79)43(14)30-28-26-27-29-31-66-17/h26,28,31,37-50,52-55,79H,25,27,29-30,32-36H2,1-24H3,(H,67,81)(H,68,80)(H,69,83)(H,70,82)/b28-26+,66-31?/t43-,44-,45+,46+,47+,48-,49+,50+,52-,53+,54+,55-/m1/s1. The highest BCUT2D eigenvalue weighted by Gasteiger charge is 2.46. The van der Waals surface area contributed by atoms with Gasteiger partial charge in [0.15, 0.2) is 0 Å². The fourth-order valence-electron chi connectivity index (χ4n) is 11.1. The van der Waals surface area contributed by atoms with Gasteiger partial charge in [-0.1, -0.05) is 109 Å². The van der Waals surface area contributed by atoms with E-state index < -0.39 is 156 Å². The van der Waals surface area contributed by atoms with Gasteiger partial charge in [0.2, 0.25) is 65.0 Å². The molecule has 1 fully saturated rings. The molecule has 12 atom stereocenters. The second-order valence-electron chi connectivity index (χ2n) is 27.0. The van der Waals surface area contributed by atoms with E-state index in [1.54, 1.807) is 54.8 Å². The summed E-state index contributed by atoms with van der Waals surface area (Å²) in [6.45, 7) is 27.5. The fourth-order valence-corrected chi connectivity index (χ4v) is 11.1. The molecule has 0 aromatic rings. The Bertz CT molecular complexity index is 2450. The number of nitrogens with one attached hydrogen (secondary N) is 4. The molecule has 0 radical (unpaired) electrons. The molecular weight excluding hydrogens is 1140 g/mol. The fraction of sp³-hybridized carbons (Fsp3) is 0.785. The molecule has 0 aliphatic carbocycles. The Balaban J connectivity index is 4.35. The third-order valence-electron chi connectivity index (χ3n) is 16.7. The van der Waals surface area contributed by atoms with Crippen molar-refractivity contribution >= 4 is 71.2 Å². The number of aliphatic hydroxyl groups excluding tert-OH is 1. The van der Waals surface area contributed by atoms with Gasteiger partial charge in [0.25, 0.3) is 0 Å². The summed E-state index contributed by atoms with van der Waals surface area (Å²) in [4.78, 5) is 173. The summed E-state index contributed by atoms with van der Waals surface area (Å²) in [5.74, 6) is -9.82. The number of carbonyl (C=O) groups is 11. The Kier molecular flexibility index (Phi) is 34.1. The van der Waals surface area contributed by atoms with E-state index >= 15 is 14.4 Å². The summed E-state index contributed by atoms with van der Waals surface area (Å²) < 4.78 is 0. The summed E-state index contributed by atoms with van der Waals surface area (Å²) in [5.41, 5.74) is 0. The lowest BCUT2D eigenvalue weighted by atomic mass is 9.91. The average Bonchev–Trinajstić information content (AvgIpc) is 1.62. The minimum atomic E-state index is -1.63. The first-order valence-corrected chi connectivity index (χ1v) is 32.0. The summed E-state index contributed by atoms with van der Waals surface area (Å²) in [7, 11) is 11.6. The van der Waals surface area contributed by atoms with Gasteiger partial charge in [0.05, 0.1) is 12.6 Å². The quantitative estimate of drug-likeness (QED) is 0.0746. The van der Waals surface area contributed by atoms with Crippen LogP contribution in [0.25, 0.3) is 0 Å². The van der Waals surface area contributed by atoms with Gasteiger partial charge >= 0.3 is 0 Å². The number of aliphatic imine (C=N–C) groups is 1. The average molecular weight is 1260 g/mol. The third kappa shape index (κ3) is 23.7. The van der Waals surface area contributed by atoms with Crippen molar-refractivity contribution in [3.63, 3.8) is 0 Å². The van der Waals surface area contributed by atoms with Gasteiger partial charge in [0.1, 0.15) is 60.4 Å². The van der Waals surface area contributed by atoms with E-state index in [0.29, 0.717) is 12.8 Å². The zero-order chi connectivity index (χ0) is 68.8. The van der Waals surface area contributed by atoms with Crippen molar-refractivity contribution in [1.82, 2.24) is 55.6 Å². The van der Waals surface area contributed by atoms with E-state index in [-0.39, 0.29) is 62.2 Å². The Hall–Kier alpha value is -6.46. The van der Waals surface area contributed by atoms with Crippen molar-refractivity contribution in [2.45, 2.75) is 229 Å². The summed E-state index contributed by atoms with van der Waals surface area (Å²) >= 11 is 0. The lowest BCUT2D eigenvalue weighted by Gasteiger charge is -2.41. The van der Waals surface area contributed by atoms with Gasteiger partial charge in [-0.3, -0.25) is 52.7 Å². The Labute approximate surface area is 532 Å². The van der Waals surface area contributed by atoms with Gasteiger partial charge < -0.3 is 65.7 Å². The van der Waals surface area contributed by atoms with Crippen LogP contribution in [0.4, 0.5) is 0 Å². The topological polar surface area (TPSA) is 291 Å². The minimum absolute atomic E-state index is 0.0142. The number of hydrogen-bond donors (Lipinski definition) is 5. The Morgan fingerprint density at radius 3 is 1.38 bits per heavy atom. The molecule has 0 unspecified atom stereocenters. The molecule has 0 bridgehead atoms. The van der Waals surface area contributed by atoms with E-state index in [9.17, 15) is 43.5 Å². The number of aliphatic hydroxyl groups is 1. The van der Waals surface area contributed by atoms with Crippen LogP contribution < -0.4 is 21.3 Å². The van der Waals surface area contributed by atoms with Crippen molar-refractivity contribution in [1.29, 1.82) is 0 Å². The van der Waals surface area contributed by atoms with Crippen molar-refractivity contribution in [2.75, 3.05) is 62.9 Å². The van der Waals surface area contributed by atoms with Crippen LogP contribution in [0.3, 0.4) is 0 Å². The highest BCUT2D eigenvalue weighted by molar-refractivity contribution is 5.99. The number of carbonyl (C=O) groups excluding carboxylic acids is 11. The van der Waals surface area contributed by atoms with E-state index in [1.807, 2.05) is 67.5 Å². The number of amides is 11. The zero-order valence-corrected chi connectivity index (χ0v) is 58.5. The number of unbranched alkanes of at least 4 members (excludes halogenated alkanes) is 1. The number of nitrogens with zero attached hydrogens (tertiary/aromatic N) is 8. The van der Waals surface area contributed by atoms with Gasteiger partial charge in [-0.05, 0) is 113 Å². The van der Waals surface area contributed by atoms with Crippen LogP contribution in [0.5, 0.6) is 0 Å². The van der Waals surface area contributed by atoms with Gasteiger partial charge in [-0.25, -0.2) is 0 Å². The molecule has 0 aromatic heterocycles. The van der Waals surface area contributed by atoms with Gasteiger partial charge in [-0.2, -0.15) is 0 Å². The highest BCUT2D eigenvalue weighted by Crippen LogP contribution is 2.26. The Morgan fingerprint density at radius 2 is 0.910 bits per heavy atom. The molecule has 0 saturated carbocycles. The number of allylic oxidation sites excluding steroid dienone is 2. The van der Waals surface area contributed by atoms with Crippen molar-refractivity contribution < 1.29 is 57.8 Å². The third-order valence-corrected chi connectivity index (χ3v) is 16.7. The van der Waals surface area contributed by atoms with E-state index in [4.69, 9.17) is 0 Å². The van der Waals surface area contributed by atoms with Crippen molar-refractivity contribution in [3.05, 3.63) is 12.2 Å². The maximum Gasteiger partial charge on any atom is 0.246 e. The van der Waals surface area contributed by atoms with E-state index in [0.717, 1.165) is 9.80 Å². The smallest absolute Gasteiger partial charge is 0.246 e. The number of likely N-dealkylation sites (N-methyl/N-ethyl adjacent to an activating group) is 7. The number of hydrogen-bond acceptors (Lipinski definition) is 13. The first kappa shape index (κ1) is 80.6. The van der Waals surface area contributed by atoms with Crippen LogP contribution in [-0.4, -0.2) is 240 Å². The summed E-state index contributed by atoms with van der Waals surface area (Å²) in [6, 6.07) is -12.4. The number of rotatable bonds is 18. The maximum absolute atomic E-state index is 15.3. The molecule has 24 heteroatoms. The Morgan fingerprint density at radius 1 is 0.472 bits per heavy atom. The first-order chi connectivity index (χ1) is 41.2. The SMILES string of the molecule is CC[C@@H]1NC(=O)[C@H]([C@H](O)[C@H](C)C/C=C/CCC=NC)N(C)C(=O)[C@H](C(C)C)N(C)C(=O)[C@H](CC(C)C)N(C)C(=O)[C@H](CC(C)C)N(C)C(=O)[C@H](C)NC(=O)[C@@H](C)NC(=O)[C@@H](CC(C)C)N(C)C(=O)[C@@H](C(C)C)NC(=O)[C@H](CC(C)C)N(C)C(=O)CN(C)C1=O. The molecule has 0 aromatic carbocycles. The van der Waals surface area contributed by atoms with Crippen LogP contribution in [0.15, 0.2) is 17.1 Å².